The third-order valence-corrected chi connectivity index (χ3v) is 2.72. The number of hydrogen-bond acceptors (Lipinski definition) is 3. The van der Waals surface area contributed by atoms with Crippen molar-refractivity contribution < 1.29 is 9.47 Å². The maximum atomic E-state index is 5.86. The molecule has 0 amide bonds. The molecule has 0 aromatic heterocycles. The molecule has 1 aliphatic heterocycles. The summed E-state index contributed by atoms with van der Waals surface area (Å²) in [4.78, 5) is 0. The summed E-state index contributed by atoms with van der Waals surface area (Å²) in [7, 11) is 0. The van der Waals surface area contributed by atoms with Crippen molar-refractivity contribution in [2.24, 2.45) is 5.73 Å². The summed E-state index contributed by atoms with van der Waals surface area (Å²) in [5.41, 5.74) is 6.93. The van der Waals surface area contributed by atoms with Gasteiger partial charge in [0.05, 0.1) is 12.1 Å². The van der Waals surface area contributed by atoms with E-state index in [1.165, 1.54) is 0 Å². The highest BCUT2D eigenvalue weighted by Gasteiger charge is 2.20. The Labute approximate surface area is 90.2 Å². The zero-order valence-corrected chi connectivity index (χ0v) is 9.19. The van der Waals surface area contributed by atoms with Crippen molar-refractivity contribution in [3.8, 4) is 11.5 Å². The fraction of sp³-hybridized carbons (Fsp3) is 0.500. The minimum atomic E-state index is 0.0117. The molecule has 1 aromatic rings. The van der Waals surface area contributed by atoms with E-state index >= 15 is 0 Å². The predicted octanol–water partition coefficient (Wildman–Crippen LogP) is 2.26. The molecule has 15 heavy (non-hydrogen) atoms. The highest BCUT2D eigenvalue weighted by Crippen LogP contribution is 2.34. The van der Waals surface area contributed by atoms with Crippen LogP contribution in [0.3, 0.4) is 0 Å². The molecule has 2 atom stereocenters. The standard InChI is InChI=1S/C12H17NO2/c1-3-8(2)15-9-4-5-10-11(13)7-14-12(10)6-9/h4-6,8,11H,3,7,13H2,1-2H3. The molecule has 3 heteroatoms. The lowest BCUT2D eigenvalue weighted by atomic mass is 10.1. The number of fused-ring (bicyclic) bond motifs is 1. The molecular weight excluding hydrogens is 190 g/mol. The van der Waals surface area contributed by atoms with Gasteiger partial charge in [0.2, 0.25) is 0 Å². The van der Waals surface area contributed by atoms with Gasteiger partial charge in [-0.3, -0.25) is 0 Å². The normalized spacial score (nSPS) is 20.6. The molecule has 1 aromatic carbocycles. The molecule has 3 nitrogen and oxygen atoms in total. The van der Waals surface area contributed by atoms with Crippen molar-refractivity contribution in [1.29, 1.82) is 0 Å². The lowest BCUT2D eigenvalue weighted by Crippen LogP contribution is -2.11. The Balaban J connectivity index is 2.16. The second-order valence-corrected chi connectivity index (χ2v) is 3.95. The lowest BCUT2D eigenvalue weighted by molar-refractivity contribution is 0.216. The highest BCUT2D eigenvalue weighted by molar-refractivity contribution is 5.44. The van der Waals surface area contributed by atoms with Crippen LogP contribution >= 0.6 is 0 Å². The molecule has 0 saturated heterocycles. The smallest absolute Gasteiger partial charge is 0.127 e. The number of nitrogens with two attached hydrogens (primary N) is 1. The molecule has 2 N–H and O–H groups in total. The van der Waals surface area contributed by atoms with Gasteiger partial charge in [-0.15, -0.1) is 0 Å². The fourth-order valence-electron chi connectivity index (χ4n) is 1.60. The summed E-state index contributed by atoms with van der Waals surface area (Å²) in [5, 5.41) is 0. The van der Waals surface area contributed by atoms with Crippen LogP contribution in [0.2, 0.25) is 0 Å². The Hall–Kier alpha value is -1.22. The van der Waals surface area contributed by atoms with Crippen LogP contribution in [0.15, 0.2) is 18.2 Å². The summed E-state index contributed by atoms with van der Waals surface area (Å²) >= 11 is 0. The van der Waals surface area contributed by atoms with E-state index in [1.807, 2.05) is 18.2 Å². The van der Waals surface area contributed by atoms with Crippen LogP contribution in [0.25, 0.3) is 0 Å². The van der Waals surface area contributed by atoms with Crippen LogP contribution in [0, 0.1) is 0 Å². The summed E-state index contributed by atoms with van der Waals surface area (Å²) in [5.74, 6) is 1.72. The molecule has 2 rings (SSSR count). The number of rotatable bonds is 3. The number of ether oxygens (including phenoxy) is 2. The molecule has 1 aliphatic rings. The van der Waals surface area contributed by atoms with Crippen molar-refractivity contribution in [3.05, 3.63) is 23.8 Å². The third kappa shape index (κ3) is 2.07. The van der Waals surface area contributed by atoms with E-state index in [9.17, 15) is 0 Å². The minimum Gasteiger partial charge on any atom is -0.491 e. The lowest BCUT2D eigenvalue weighted by Gasteiger charge is -2.13. The fourth-order valence-corrected chi connectivity index (χ4v) is 1.60. The SMILES string of the molecule is CCC(C)Oc1ccc2c(c1)OCC2N. The van der Waals surface area contributed by atoms with Crippen LogP contribution in [0.5, 0.6) is 11.5 Å². The third-order valence-electron chi connectivity index (χ3n) is 2.72. The summed E-state index contributed by atoms with van der Waals surface area (Å²) in [6, 6.07) is 5.89. The first-order valence-corrected chi connectivity index (χ1v) is 5.39. The van der Waals surface area contributed by atoms with Gasteiger partial charge in [0, 0.05) is 11.6 Å². The molecule has 0 spiro atoms. The van der Waals surface area contributed by atoms with Crippen LogP contribution in [-0.4, -0.2) is 12.7 Å². The molecule has 0 bridgehead atoms. The zero-order valence-electron chi connectivity index (χ0n) is 9.19. The van der Waals surface area contributed by atoms with Gasteiger partial charge in [-0.25, -0.2) is 0 Å². The van der Waals surface area contributed by atoms with Crippen molar-refractivity contribution >= 4 is 0 Å². The summed E-state index contributed by atoms with van der Waals surface area (Å²) in [6.07, 6.45) is 1.23. The highest BCUT2D eigenvalue weighted by atomic mass is 16.5. The Morgan fingerprint density at radius 2 is 2.40 bits per heavy atom. The maximum Gasteiger partial charge on any atom is 0.127 e. The molecule has 0 fully saturated rings. The Morgan fingerprint density at radius 3 is 3.13 bits per heavy atom. The van der Waals surface area contributed by atoms with Gasteiger partial charge in [-0.2, -0.15) is 0 Å². The quantitative estimate of drug-likeness (QED) is 0.826. The predicted molar refractivity (Wildman–Crippen MR) is 59.2 cm³/mol. The van der Waals surface area contributed by atoms with Crippen LogP contribution in [0.1, 0.15) is 31.9 Å². The van der Waals surface area contributed by atoms with Gasteiger partial charge >= 0.3 is 0 Å². The van der Waals surface area contributed by atoms with Crippen LogP contribution in [0.4, 0.5) is 0 Å². The molecule has 0 saturated carbocycles. The van der Waals surface area contributed by atoms with Gasteiger partial charge < -0.3 is 15.2 Å². The first-order valence-electron chi connectivity index (χ1n) is 5.39. The second kappa shape index (κ2) is 4.11. The number of benzene rings is 1. The van der Waals surface area contributed by atoms with E-state index in [2.05, 4.69) is 13.8 Å². The van der Waals surface area contributed by atoms with Crippen LogP contribution < -0.4 is 15.2 Å². The van der Waals surface area contributed by atoms with E-state index in [0.717, 1.165) is 23.5 Å². The first-order chi connectivity index (χ1) is 7.20. The molecule has 0 radical (unpaired) electrons. The molecule has 2 unspecified atom stereocenters. The molecule has 1 heterocycles. The molecule has 82 valence electrons. The van der Waals surface area contributed by atoms with E-state index in [4.69, 9.17) is 15.2 Å². The van der Waals surface area contributed by atoms with E-state index in [1.54, 1.807) is 0 Å². The Kier molecular flexibility index (Phi) is 2.82. The average molecular weight is 207 g/mol. The minimum absolute atomic E-state index is 0.0117. The van der Waals surface area contributed by atoms with Crippen LogP contribution in [-0.2, 0) is 0 Å². The zero-order chi connectivity index (χ0) is 10.8. The van der Waals surface area contributed by atoms with E-state index in [0.29, 0.717) is 6.61 Å². The first kappa shape index (κ1) is 10.3. The van der Waals surface area contributed by atoms with Crippen molar-refractivity contribution in [2.75, 3.05) is 6.61 Å². The van der Waals surface area contributed by atoms with Crippen molar-refractivity contribution in [2.45, 2.75) is 32.4 Å². The Morgan fingerprint density at radius 1 is 1.60 bits per heavy atom. The Bertz CT molecular complexity index is 351. The largest absolute Gasteiger partial charge is 0.491 e. The van der Waals surface area contributed by atoms with Gasteiger partial charge in [0.15, 0.2) is 0 Å². The van der Waals surface area contributed by atoms with Crippen molar-refractivity contribution in [3.63, 3.8) is 0 Å². The maximum absolute atomic E-state index is 5.86. The molecule has 0 aliphatic carbocycles. The topological polar surface area (TPSA) is 44.5 Å². The molecular formula is C12H17NO2. The van der Waals surface area contributed by atoms with Gasteiger partial charge in [-0.1, -0.05) is 6.92 Å². The monoisotopic (exact) mass is 207 g/mol. The van der Waals surface area contributed by atoms with Gasteiger partial charge in [0.25, 0.3) is 0 Å². The van der Waals surface area contributed by atoms with Crippen molar-refractivity contribution in [1.82, 2.24) is 0 Å². The number of hydrogen-bond donors (Lipinski definition) is 1. The summed E-state index contributed by atoms with van der Waals surface area (Å²) < 4.78 is 11.2. The average Bonchev–Trinajstić information content (AvgIpc) is 2.60. The van der Waals surface area contributed by atoms with E-state index in [-0.39, 0.29) is 12.1 Å². The second-order valence-electron chi connectivity index (χ2n) is 3.95. The van der Waals surface area contributed by atoms with Gasteiger partial charge in [-0.05, 0) is 25.5 Å². The van der Waals surface area contributed by atoms with E-state index < -0.39 is 0 Å². The summed E-state index contributed by atoms with van der Waals surface area (Å²) in [6.45, 7) is 4.73. The van der Waals surface area contributed by atoms with Gasteiger partial charge in [0.1, 0.15) is 18.1 Å².